The van der Waals surface area contributed by atoms with Gasteiger partial charge in [-0.2, -0.15) is 0 Å². The predicted molar refractivity (Wildman–Crippen MR) is 64.2 cm³/mol. The Bertz CT molecular complexity index is 332. The fraction of sp³-hybridized carbons (Fsp3) is 0.538. The Balaban J connectivity index is 1.84. The molecule has 0 spiro atoms. The minimum Gasteiger partial charge on any atom is -0.391 e. The minimum atomic E-state index is -0.556. The zero-order valence-corrected chi connectivity index (χ0v) is 9.95. The largest absolute Gasteiger partial charge is 0.391 e. The second-order valence-electron chi connectivity index (χ2n) is 4.45. The molecule has 0 amide bonds. The number of aliphatic hydroxyl groups is 1. The summed E-state index contributed by atoms with van der Waals surface area (Å²) in [5.74, 6) is 0. The fourth-order valence-corrected chi connectivity index (χ4v) is 1.92. The van der Waals surface area contributed by atoms with Gasteiger partial charge in [-0.1, -0.05) is 30.3 Å². The topological polar surface area (TPSA) is 64.7 Å². The van der Waals surface area contributed by atoms with E-state index in [0.717, 1.165) is 5.56 Å². The van der Waals surface area contributed by atoms with Gasteiger partial charge in [0.2, 0.25) is 0 Å². The maximum atomic E-state index is 9.73. The molecule has 4 atom stereocenters. The lowest BCUT2D eigenvalue weighted by atomic mass is 10.0. The van der Waals surface area contributed by atoms with Crippen molar-refractivity contribution in [1.82, 2.24) is 0 Å². The molecule has 0 aromatic heterocycles. The van der Waals surface area contributed by atoms with Crippen LogP contribution in [0.3, 0.4) is 0 Å². The summed E-state index contributed by atoms with van der Waals surface area (Å²) in [6.45, 7) is 2.34. The maximum Gasteiger partial charge on any atom is 0.160 e. The van der Waals surface area contributed by atoms with Crippen molar-refractivity contribution < 1.29 is 14.6 Å². The van der Waals surface area contributed by atoms with Crippen LogP contribution in [-0.4, -0.2) is 29.6 Å². The smallest absolute Gasteiger partial charge is 0.160 e. The zero-order valence-electron chi connectivity index (χ0n) is 9.95. The number of nitrogens with two attached hydrogens (primary N) is 1. The van der Waals surface area contributed by atoms with E-state index in [1.165, 1.54) is 0 Å². The molecule has 4 heteroatoms. The molecule has 1 aliphatic heterocycles. The van der Waals surface area contributed by atoms with Gasteiger partial charge in [0.25, 0.3) is 0 Å². The van der Waals surface area contributed by atoms with E-state index in [1.807, 2.05) is 37.3 Å². The first-order valence-electron chi connectivity index (χ1n) is 5.91. The maximum absolute atomic E-state index is 9.73. The van der Waals surface area contributed by atoms with Crippen molar-refractivity contribution in [3.63, 3.8) is 0 Å². The van der Waals surface area contributed by atoms with Crippen molar-refractivity contribution in [3.05, 3.63) is 35.9 Å². The van der Waals surface area contributed by atoms with Crippen molar-refractivity contribution in [2.24, 2.45) is 5.73 Å². The Labute approximate surface area is 101 Å². The molecule has 1 aromatic carbocycles. The lowest BCUT2D eigenvalue weighted by Gasteiger charge is -2.35. The van der Waals surface area contributed by atoms with E-state index in [0.29, 0.717) is 13.0 Å². The molecule has 1 aromatic rings. The standard InChI is InChI=1S/C13H19NO3/c1-9-13(14)11(15)7-12(17-9)16-8-10-5-3-2-4-6-10/h2-6,9,11-13,15H,7-8,14H2,1H3/t9-,11-,12+,13+/m0/s1. The highest BCUT2D eigenvalue weighted by atomic mass is 16.7. The van der Waals surface area contributed by atoms with Crippen LogP contribution < -0.4 is 5.73 Å². The van der Waals surface area contributed by atoms with Gasteiger partial charge < -0.3 is 20.3 Å². The molecule has 0 aliphatic carbocycles. The summed E-state index contributed by atoms with van der Waals surface area (Å²) >= 11 is 0. The van der Waals surface area contributed by atoms with Gasteiger partial charge in [0, 0.05) is 6.42 Å². The van der Waals surface area contributed by atoms with E-state index >= 15 is 0 Å². The number of hydrogen-bond acceptors (Lipinski definition) is 4. The van der Waals surface area contributed by atoms with E-state index in [-0.39, 0.29) is 18.4 Å². The average Bonchev–Trinajstić information content (AvgIpc) is 2.34. The van der Waals surface area contributed by atoms with Crippen molar-refractivity contribution >= 4 is 0 Å². The van der Waals surface area contributed by atoms with Crippen LogP contribution in [0.1, 0.15) is 18.9 Å². The molecule has 4 nitrogen and oxygen atoms in total. The van der Waals surface area contributed by atoms with Crippen LogP contribution >= 0.6 is 0 Å². The summed E-state index contributed by atoms with van der Waals surface area (Å²) in [5, 5.41) is 9.73. The molecule has 1 saturated heterocycles. The first-order valence-corrected chi connectivity index (χ1v) is 5.91. The van der Waals surface area contributed by atoms with Gasteiger partial charge in [0.15, 0.2) is 6.29 Å². The van der Waals surface area contributed by atoms with Crippen molar-refractivity contribution in [1.29, 1.82) is 0 Å². The number of ether oxygens (including phenoxy) is 2. The summed E-state index contributed by atoms with van der Waals surface area (Å²) in [6, 6.07) is 9.56. The van der Waals surface area contributed by atoms with E-state index in [9.17, 15) is 5.11 Å². The normalized spacial score (nSPS) is 33.6. The second-order valence-corrected chi connectivity index (χ2v) is 4.45. The van der Waals surface area contributed by atoms with Crippen molar-refractivity contribution in [2.75, 3.05) is 0 Å². The van der Waals surface area contributed by atoms with Crippen LogP contribution in [0.5, 0.6) is 0 Å². The van der Waals surface area contributed by atoms with Gasteiger partial charge in [0.05, 0.1) is 24.9 Å². The van der Waals surface area contributed by atoms with Gasteiger partial charge in [-0.3, -0.25) is 0 Å². The molecular formula is C13H19NO3. The molecule has 0 unspecified atom stereocenters. The quantitative estimate of drug-likeness (QED) is 0.824. The summed E-state index contributed by atoms with van der Waals surface area (Å²) in [5.41, 5.74) is 6.85. The van der Waals surface area contributed by atoms with Crippen molar-refractivity contribution in [3.8, 4) is 0 Å². The van der Waals surface area contributed by atoms with Gasteiger partial charge in [-0.25, -0.2) is 0 Å². The molecule has 0 radical (unpaired) electrons. The number of rotatable bonds is 3. The summed E-state index contributed by atoms with van der Waals surface area (Å²) in [6.07, 6.45) is -0.683. The van der Waals surface area contributed by atoms with Gasteiger partial charge in [0.1, 0.15) is 0 Å². The Morgan fingerprint density at radius 1 is 1.41 bits per heavy atom. The van der Waals surface area contributed by atoms with E-state index in [1.54, 1.807) is 0 Å². The van der Waals surface area contributed by atoms with Crippen LogP contribution in [0.15, 0.2) is 30.3 Å². The Hall–Kier alpha value is -0.940. The van der Waals surface area contributed by atoms with Crippen molar-refractivity contribution in [2.45, 2.75) is 44.5 Å². The second kappa shape index (κ2) is 5.60. The molecule has 2 rings (SSSR count). The summed E-state index contributed by atoms with van der Waals surface area (Å²) < 4.78 is 11.2. The molecule has 1 aliphatic rings. The predicted octanol–water partition coefficient (Wildman–Crippen LogP) is 1.03. The molecule has 1 fully saturated rings. The van der Waals surface area contributed by atoms with E-state index in [2.05, 4.69) is 0 Å². The Morgan fingerprint density at radius 2 is 2.12 bits per heavy atom. The molecule has 1 heterocycles. The highest BCUT2D eigenvalue weighted by molar-refractivity contribution is 5.13. The SMILES string of the molecule is C[C@@H]1O[C@@H](OCc2ccccc2)C[C@H](O)[C@@H]1N. The third kappa shape index (κ3) is 3.26. The third-order valence-corrected chi connectivity index (χ3v) is 3.07. The summed E-state index contributed by atoms with van der Waals surface area (Å²) in [7, 11) is 0. The number of benzene rings is 1. The first kappa shape index (κ1) is 12.5. The first-order chi connectivity index (χ1) is 8.16. The highest BCUT2D eigenvalue weighted by Crippen LogP contribution is 2.20. The lowest BCUT2D eigenvalue weighted by molar-refractivity contribution is -0.221. The molecule has 17 heavy (non-hydrogen) atoms. The molecule has 0 bridgehead atoms. The van der Waals surface area contributed by atoms with E-state index in [4.69, 9.17) is 15.2 Å². The van der Waals surface area contributed by atoms with Crippen LogP contribution in [-0.2, 0) is 16.1 Å². The monoisotopic (exact) mass is 237 g/mol. The average molecular weight is 237 g/mol. The minimum absolute atomic E-state index is 0.181. The fourth-order valence-electron chi connectivity index (χ4n) is 1.92. The Kier molecular flexibility index (Phi) is 4.12. The summed E-state index contributed by atoms with van der Waals surface area (Å²) in [4.78, 5) is 0. The van der Waals surface area contributed by atoms with Gasteiger partial charge in [-0.15, -0.1) is 0 Å². The number of aliphatic hydroxyl groups excluding tert-OH is 1. The van der Waals surface area contributed by atoms with E-state index < -0.39 is 6.10 Å². The zero-order chi connectivity index (χ0) is 12.3. The molecule has 3 N–H and O–H groups in total. The lowest BCUT2D eigenvalue weighted by Crippen LogP contribution is -2.52. The Morgan fingerprint density at radius 3 is 2.76 bits per heavy atom. The third-order valence-electron chi connectivity index (χ3n) is 3.07. The van der Waals surface area contributed by atoms with Crippen LogP contribution in [0.4, 0.5) is 0 Å². The molecule has 94 valence electrons. The molecular weight excluding hydrogens is 218 g/mol. The van der Waals surface area contributed by atoms with Crippen LogP contribution in [0, 0.1) is 0 Å². The highest BCUT2D eigenvalue weighted by Gasteiger charge is 2.33. The molecule has 0 saturated carbocycles. The van der Waals surface area contributed by atoms with Crippen LogP contribution in [0.25, 0.3) is 0 Å². The van der Waals surface area contributed by atoms with Gasteiger partial charge in [-0.05, 0) is 12.5 Å². The van der Waals surface area contributed by atoms with Crippen LogP contribution in [0.2, 0.25) is 0 Å². The number of hydrogen-bond donors (Lipinski definition) is 2. The van der Waals surface area contributed by atoms with Gasteiger partial charge >= 0.3 is 0 Å².